The molecule has 0 aliphatic carbocycles. The number of carbonyl (C=O) groups excluding carboxylic acids is 1. The van der Waals surface area contributed by atoms with Crippen molar-refractivity contribution in [1.82, 2.24) is 9.21 Å². The van der Waals surface area contributed by atoms with Crippen molar-refractivity contribution >= 4 is 16.0 Å². The van der Waals surface area contributed by atoms with Crippen molar-refractivity contribution in [2.45, 2.75) is 24.8 Å². The molecule has 0 spiro atoms. The quantitative estimate of drug-likeness (QED) is 0.658. The molecule has 0 N–H and O–H groups in total. The molecule has 1 aliphatic heterocycles. The van der Waals surface area contributed by atoms with E-state index in [0.29, 0.717) is 37.3 Å². The van der Waals surface area contributed by atoms with Crippen molar-refractivity contribution in [2.24, 2.45) is 0 Å². The van der Waals surface area contributed by atoms with Gasteiger partial charge in [-0.1, -0.05) is 12.1 Å². The Bertz CT molecular complexity index is 1010. The van der Waals surface area contributed by atoms with Gasteiger partial charge in [-0.2, -0.15) is 9.57 Å². The normalized spacial score (nSPS) is 15.9. The molecule has 7 nitrogen and oxygen atoms in total. The van der Waals surface area contributed by atoms with Crippen molar-refractivity contribution in [3.8, 4) is 6.07 Å². The van der Waals surface area contributed by atoms with Crippen LogP contribution < -0.4 is 0 Å². The van der Waals surface area contributed by atoms with E-state index in [-0.39, 0.29) is 11.5 Å². The lowest BCUT2D eigenvalue weighted by Gasteiger charge is -2.22. The lowest BCUT2D eigenvalue weighted by atomic mass is 10.1. The van der Waals surface area contributed by atoms with E-state index >= 15 is 0 Å². The zero-order valence-corrected chi connectivity index (χ0v) is 17.8. The molecule has 3 rings (SSSR count). The minimum atomic E-state index is -3.63. The first-order chi connectivity index (χ1) is 14.4. The lowest BCUT2D eigenvalue weighted by Crippen LogP contribution is -2.35. The summed E-state index contributed by atoms with van der Waals surface area (Å²) >= 11 is 0. The zero-order valence-electron chi connectivity index (χ0n) is 17.0. The molecule has 0 aromatic heterocycles. The fourth-order valence-corrected chi connectivity index (χ4v) is 4.88. The van der Waals surface area contributed by atoms with Crippen LogP contribution in [0.25, 0.3) is 0 Å². The van der Waals surface area contributed by atoms with Crippen LogP contribution in [0.5, 0.6) is 0 Å². The Morgan fingerprint density at radius 1 is 1.03 bits per heavy atom. The van der Waals surface area contributed by atoms with Gasteiger partial charge in [0.15, 0.2) is 0 Å². The fourth-order valence-electron chi connectivity index (χ4n) is 3.42. The van der Waals surface area contributed by atoms with E-state index in [0.717, 1.165) is 18.5 Å². The Morgan fingerprint density at radius 3 is 2.37 bits per heavy atom. The van der Waals surface area contributed by atoms with Crippen LogP contribution in [0.3, 0.4) is 0 Å². The van der Waals surface area contributed by atoms with Gasteiger partial charge in [-0.3, -0.25) is 4.90 Å². The summed E-state index contributed by atoms with van der Waals surface area (Å²) in [4.78, 5) is 14.2. The van der Waals surface area contributed by atoms with Crippen LogP contribution >= 0.6 is 0 Å². The number of nitriles is 1. The van der Waals surface area contributed by atoms with Gasteiger partial charge in [0.1, 0.15) is 0 Å². The number of rotatable bonds is 6. The molecule has 1 heterocycles. The number of benzene rings is 2. The van der Waals surface area contributed by atoms with Crippen molar-refractivity contribution in [2.75, 3.05) is 32.8 Å². The Hall–Kier alpha value is -2.73. The molecule has 0 amide bonds. The van der Waals surface area contributed by atoms with Crippen LogP contribution in [0, 0.1) is 11.3 Å². The van der Waals surface area contributed by atoms with Crippen LogP contribution in [0.4, 0.5) is 0 Å². The van der Waals surface area contributed by atoms with Gasteiger partial charge < -0.3 is 4.74 Å². The van der Waals surface area contributed by atoms with Gasteiger partial charge in [-0.25, -0.2) is 13.2 Å². The Balaban J connectivity index is 1.64. The molecule has 1 fully saturated rings. The summed E-state index contributed by atoms with van der Waals surface area (Å²) in [6.07, 6.45) is 0.733. The molecule has 8 heteroatoms. The van der Waals surface area contributed by atoms with Crippen molar-refractivity contribution < 1.29 is 17.9 Å². The maximum atomic E-state index is 13.0. The van der Waals surface area contributed by atoms with E-state index in [9.17, 15) is 13.2 Å². The molecule has 1 saturated heterocycles. The van der Waals surface area contributed by atoms with Crippen LogP contribution in [0.2, 0.25) is 0 Å². The summed E-state index contributed by atoms with van der Waals surface area (Å²) in [5.41, 5.74) is 2.06. The van der Waals surface area contributed by atoms with Crippen LogP contribution in [-0.4, -0.2) is 56.4 Å². The molecular weight excluding hydrogens is 402 g/mol. The van der Waals surface area contributed by atoms with Gasteiger partial charge in [-0.15, -0.1) is 0 Å². The van der Waals surface area contributed by atoms with E-state index in [1.165, 1.54) is 28.6 Å². The van der Waals surface area contributed by atoms with Crippen LogP contribution in [-0.2, 0) is 21.3 Å². The highest BCUT2D eigenvalue weighted by Gasteiger charge is 2.27. The maximum Gasteiger partial charge on any atom is 0.338 e. The molecular formula is C22H25N3O4S. The van der Waals surface area contributed by atoms with Crippen LogP contribution in [0.15, 0.2) is 53.4 Å². The predicted molar refractivity (Wildman–Crippen MR) is 112 cm³/mol. The maximum absolute atomic E-state index is 13.0. The Morgan fingerprint density at radius 2 is 1.73 bits per heavy atom. The Labute approximate surface area is 177 Å². The summed E-state index contributed by atoms with van der Waals surface area (Å²) in [6, 6.07) is 15.5. The third-order valence-corrected chi connectivity index (χ3v) is 6.95. The van der Waals surface area contributed by atoms with Crippen LogP contribution in [0.1, 0.15) is 34.8 Å². The number of carbonyl (C=O) groups is 1. The number of sulfonamides is 1. The monoisotopic (exact) mass is 427 g/mol. The van der Waals surface area contributed by atoms with Crippen molar-refractivity contribution in [3.63, 3.8) is 0 Å². The molecule has 1 aliphatic rings. The van der Waals surface area contributed by atoms with E-state index in [1.54, 1.807) is 19.1 Å². The molecule has 0 bridgehead atoms. The van der Waals surface area contributed by atoms with Gasteiger partial charge in [0, 0.05) is 26.2 Å². The predicted octanol–water partition coefficient (Wildman–Crippen LogP) is 2.63. The summed E-state index contributed by atoms with van der Waals surface area (Å²) in [5, 5.41) is 8.91. The standard InChI is InChI=1S/C22H25N3O4S/c1-2-29-22(26)20-8-10-21(11-9-20)30(27,28)25-13-3-12-24(14-15-25)17-19-6-4-18(16-23)5-7-19/h4-11H,2-3,12-15,17H2,1H3. The highest BCUT2D eigenvalue weighted by molar-refractivity contribution is 7.89. The first-order valence-corrected chi connectivity index (χ1v) is 11.4. The second-order valence-corrected chi connectivity index (χ2v) is 9.03. The summed E-state index contributed by atoms with van der Waals surface area (Å²) in [6.45, 7) is 4.98. The van der Waals surface area contributed by atoms with E-state index in [1.807, 2.05) is 12.1 Å². The molecule has 0 unspecified atom stereocenters. The molecule has 158 valence electrons. The highest BCUT2D eigenvalue weighted by atomic mass is 32.2. The third kappa shape index (κ3) is 5.25. The van der Waals surface area contributed by atoms with Gasteiger partial charge >= 0.3 is 5.97 Å². The second-order valence-electron chi connectivity index (χ2n) is 7.09. The van der Waals surface area contributed by atoms with Gasteiger partial charge in [-0.05, 0) is 61.9 Å². The topological polar surface area (TPSA) is 90.7 Å². The van der Waals surface area contributed by atoms with E-state index in [4.69, 9.17) is 10.00 Å². The minimum absolute atomic E-state index is 0.177. The third-order valence-electron chi connectivity index (χ3n) is 5.04. The molecule has 2 aromatic rings. The average molecular weight is 428 g/mol. The van der Waals surface area contributed by atoms with Crippen molar-refractivity contribution in [1.29, 1.82) is 5.26 Å². The summed E-state index contributed by atoms with van der Waals surface area (Å²) in [5.74, 6) is -0.463. The van der Waals surface area contributed by atoms with E-state index < -0.39 is 16.0 Å². The largest absolute Gasteiger partial charge is 0.462 e. The lowest BCUT2D eigenvalue weighted by molar-refractivity contribution is 0.0526. The first kappa shape index (κ1) is 22.0. The fraction of sp³-hybridized carbons (Fsp3) is 0.364. The number of esters is 1. The summed E-state index contributed by atoms with van der Waals surface area (Å²) < 4.78 is 32.5. The number of nitrogens with zero attached hydrogens (tertiary/aromatic N) is 3. The molecule has 0 atom stereocenters. The van der Waals surface area contributed by atoms with E-state index in [2.05, 4.69) is 11.0 Å². The molecule has 0 radical (unpaired) electrons. The van der Waals surface area contributed by atoms with Crippen molar-refractivity contribution in [3.05, 3.63) is 65.2 Å². The highest BCUT2D eigenvalue weighted by Crippen LogP contribution is 2.19. The second kappa shape index (κ2) is 9.85. The molecule has 2 aromatic carbocycles. The first-order valence-electron chi connectivity index (χ1n) is 9.93. The van der Waals surface area contributed by atoms with Gasteiger partial charge in [0.2, 0.25) is 10.0 Å². The zero-order chi connectivity index (χ0) is 21.6. The number of hydrogen-bond donors (Lipinski definition) is 0. The van der Waals surface area contributed by atoms with Gasteiger partial charge in [0.05, 0.1) is 28.7 Å². The molecule has 30 heavy (non-hydrogen) atoms. The Kier molecular flexibility index (Phi) is 7.21. The van der Waals surface area contributed by atoms with Gasteiger partial charge in [0.25, 0.3) is 0 Å². The minimum Gasteiger partial charge on any atom is -0.462 e. The summed E-state index contributed by atoms with van der Waals surface area (Å²) in [7, 11) is -3.63. The average Bonchev–Trinajstić information content (AvgIpc) is 3.01. The SMILES string of the molecule is CCOC(=O)c1ccc(S(=O)(=O)N2CCCN(Cc3ccc(C#N)cc3)CC2)cc1. The number of hydrogen-bond acceptors (Lipinski definition) is 6. The number of ether oxygens (including phenoxy) is 1. The molecule has 0 saturated carbocycles. The smallest absolute Gasteiger partial charge is 0.338 e.